The molecule has 0 heterocycles. The van der Waals surface area contributed by atoms with Crippen LogP contribution in [0.3, 0.4) is 0 Å². The topological polar surface area (TPSA) is 43.4 Å². The summed E-state index contributed by atoms with van der Waals surface area (Å²) in [6.07, 6.45) is 21.1. The van der Waals surface area contributed by atoms with Gasteiger partial charge in [-0.1, -0.05) is 134 Å². The zero-order valence-corrected chi connectivity index (χ0v) is 28.5. The summed E-state index contributed by atoms with van der Waals surface area (Å²) >= 11 is 0. The Bertz CT molecular complexity index is 1730. The van der Waals surface area contributed by atoms with Gasteiger partial charge in [0.05, 0.1) is 5.30 Å². The molecule has 0 saturated carbocycles. The normalized spacial score (nSPS) is 15.2. The maximum Gasteiger partial charge on any atom is 0.414 e. The van der Waals surface area contributed by atoms with Gasteiger partial charge < -0.3 is 9.30 Å². The van der Waals surface area contributed by atoms with Gasteiger partial charge in [0.15, 0.2) is 17.8 Å². The van der Waals surface area contributed by atoms with Crippen LogP contribution < -0.4 is 20.7 Å². The zero-order chi connectivity index (χ0) is 32.5. The van der Waals surface area contributed by atoms with Crippen molar-refractivity contribution in [2.24, 2.45) is 0 Å². The van der Waals surface area contributed by atoms with E-state index < -0.39 is 14.9 Å². The average molecular weight is 646 g/mol. The summed E-state index contributed by atoms with van der Waals surface area (Å²) in [6.45, 7) is 4.00. The monoisotopic (exact) mass is 645 g/mol. The molecule has 5 heteroatoms. The van der Waals surface area contributed by atoms with E-state index in [2.05, 4.69) is 24.3 Å². The Morgan fingerprint density at radius 3 is 2.09 bits per heavy atom. The molecule has 2 unspecified atom stereocenters. The number of ether oxygens (including phenoxy) is 1. The maximum atomic E-state index is 14.7. The summed E-state index contributed by atoms with van der Waals surface area (Å²) in [7, 11) is -4.36. The van der Waals surface area contributed by atoms with E-state index in [4.69, 9.17) is 4.74 Å². The van der Waals surface area contributed by atoms with Crippen molar-refractivity contribution in [3.8, 4) is 11.5 Å². The zero-order valence-electron chi connectivity index (χ0n) is 26.7. The van der Waals surface area contributed by atoms with Crippen molar-refractivity contribution < 1.29 is 13.9 Å². The molecule has 234 valence electrons. The standard InChI is InChI=1S/C26H25O2P.C13H12OP.C2H6/c27-29(24-17-9-4-10-18-24,21-22-13-5-1-2-6-14-22)26-20-12-11-19-25(26)28-23-15-7-3-8-16-23;14-15(13-10-6-3-7-11-13)12-8-4-1-2-5-9-12;1-2/h3-5,7-20H,1-2,6,21H2;1-4,6-11H,5H2;1-2H3/q;+1;. The smallest absolute Gasteiger partial charge is 0.414 e. The molecular weight excluding hydrogens is 602 g/mol. The van der Waals surface area contributed by atoms with Crippen molar-refractivity contribution in [1.82, 2.24) is 0 Å². The van der Waals surface area contributed by atoms with Crippen molar-refractivity contribution in [1.29, 1.82) is 0 Å². The highest BCUT2D eigenvalue weighted by Crippen LogP contribution is 2.48. The van der Waals surface area contributed by atoms with Crippen molar-refractivity contribution >= 4 is 30.9 Å². The highest BCUT2D eigenvalue weighted by Gasteiger charge is 2.31. The van der Waals surface area contributed by atoms with Gasteiger partial charge in [0.2, 0.25) is 0 Å². The molecule has 2 aliphatic carbocycles. The first kappa shape index (κ1) is 34.6. The molecule has 6 rings (SSSR count). The third-order valence-corrected chi connectivity index (χ3v) is 12.0. The van der Waals surface area contributed by atoms with Crippen molar-refractivity contribution in [3.05, 3.63) is 175 Å². The highest BCUT2D eigenvalue weighted by atomic mass is 31.2. The van der Waals surface area contributed by atoms with Crippen LogP contribution >= 0.6 is 14.9 Å². The summed E-state index contributed by atoms with van der Waals surface area (Å²) in [5, 5.41) is 3.45. The second-order valence-corrected chi connectivity index (χ2v) is 14.9. The maximum absolute atomic E-state index is 14.7. The molecule has 3 nitrogen and oxygen atoms in total. The van der Waals surface area contributed by atoms with E-state index in [1.807, 2.05) is 153 Å². The summed E-state index contributed by atoms with van der Waals surface area (Å²) in [6, 6.07) is 36.8. The third kappa shape index (κ3) is 9.85. The Kier molecular flexibility index (Phi) is 14.0. The van der Waals surface area contributed by atoms with Crippen LogP contribution in [0.1, 0.15) is 39.5 Å². The lowest BCUT2D eigenvalue weighted by Gasteiger charge is -2.22. The first-order chi connectivity index (χ1) is 22.6. The molecule has 2 aliphatic rings. The van der Waals surface area contributed by atoms with Crippen LogP contribution in [0.25, 0.3) is 0 Å². The second kappa shape index (κ2) is 18.6. The predicted molar refractivity (Wildman–Crippen MR) is 198 cm³/mol. The van der Waals surface area contributed by atoms with Gasteiger partial charge in [-0.15, -0.1) is 0 Å². The van der Waals surface area contributed by atoms with Crippen LogP contribution in [0.4, 0.5) is 0 Å². The largest absolute Gasteiger partial charge is 0.457 e. The first-order valence-corrected chi connectivity index (χ1v) is 19.2. The number of para-hydroxylation sites is 2. The lowest BCUT2D eigenvalue weighted by atomic mass is 10.2. The Morgan fingerprint density at radius 1 is 0.696 bits per heavy atom. The molecule has 46 heavy (non-hydrogen) atoms. The summed E-state index contributed by atoms with van der Waals surface area (Å²) in [5.41, 5.74) is 1.14. The van der Waals surface area contributed by atoms with Crippen LogP contribution in [0.2, 0.25) is 0 Å². The Morgan fingerprint density at radius 2 is 1.35 bits per heavy atom. The van der Waals surface area contributed by atoms with E-state index >= 15 is 0 Å². The van der Waals surface area contributed by atoms with E-state index in [1.54, 1.807) is 0 Å². The fraction of sp³-hybridized carbons (Fsp3) is 0.171. The second-order valence-electron chi connectivity index (χ2n) is 10.5. The van der Waals surface area contributed by atoms with E-state index in [-0.39, 0.29) is 0 Å². The Labute approximate surface area is 275 Å². The molecule has 2 atom stereocenters. The lowest BCUT2D eigenvalue weighted by molar-refractivity contribution is 0.486. The van der Waals surface area contributed by atoms with E-state index in [9.17, 15) is 9.13 Å². The van der Waals surface area contributed by atoms with Crippen molar-refractivity contribution in [2.75, 3.05) is 6.16 Å². The molecular formula is C41H43O3P2+. The molecule has 0 radical (unpaired) electrons. The number of benzene rings is 4. The van der Waals surface area contributed by atoms with Gasteiger partial charge in [-0.2, -0.15) is 0 Å². The average Bonchev–Trinajstić information content (AvgIpc) is 3.56. The van der Waals surface area contributed by atoms with Crippen LogP contribution in [-0.2, 0) is 9.13 Å². The molecule has 0 amide bonds. The van der Waals surface area contributed by atoms with Gasteiger partial charge in [0.25, 0.3) is 0 Å². The Balaban J connectivity index is 0.000000237. The minimum Gasteiger partial charge on any atom is -0.457 e. The van der Waals surface area contributed by atoms with Gasteiger partial charge in [0, 0.05) is 11.5 Å². The van der Waals surface area contributed by atoms with Gasteiger partial charge in [0.1, 0.15) is 11.5 Å². The van der Waals surface area contributed by atoms with Crippen LogP contribution in [0.5, 0.6) is 11.5 Å². The Hall–Kier alpha value is -4.29. The number of hydrogen-bond acceptors (Lipinski definition) is 3. The molecule has 4 aromatic rings. The number of rotatable bonds is 8. The van der Waals surface area contributed by atoms with E-state index in [0.717, 1.165) is 58.2 Å². The van der Waals surface area contributed by atoms with Gasteiger partial charge in [-0.3, -0.25) is 0 Å². The van der Waals surface area contributed by atoms with Gasteiger partial charge in [-0.05, 0) is 79.8 Å². The molecule has 0 fully saturated rings. The minimum absolute atomic E-state index is 0.503. The molecule has 0 bridgehead atoms. The quantitative estimate of drug-likeness (QED) is 0.179. The van der Waals surface area contributed by atoms with Crippen LogP contribution in [0, 0.1) is 0 Å². The van der Waals surface area contributed by atoms with Crippen LogP contribution in [0.15, 0.2) is 175 Å². The molecule has 4 aromatic carbocycles. The fourth-order valence-corrected chi connectivity index (χ4v) is 9.14. The fourth-order valence-electron chi connectivity index (χ4n) is 5.07. The van der Waals surface area contributed by atoms with E-state index in [0.29, 0.717) is 11.9 Å². The number of hydrogen-bond donors (Lipinski definition) is 0. The summed E-state index contributed by atoms with van der Waals surface area (Å²) in [5.74, 6) is 1.40. The molecule has 0 spiro atoms. The molecule has 0 aromatic heterocycles. The molecule has 0 saturated heterocycles. The van der Waals surface area contributed by atoms with Gasteiger partial charge in [-0.25, -0.2) is 0 Å². The lowest BCUT2D eigenvalue weighted by Crippen LogP contribution is -2.20. The SMILES string of the molecule is CC.O=P(CC1=CCCCC=C1)(c1ccccc1)c1ccccc1Oc1ccccc1.O=[P+](C1=CCC=CC=C1)c1ccccc1. The van der Waals surface area contributed by atoms with Crippen molar-refractivity contribution in [3.63, 3.8) is 0 Å². The van der Waals surface area contributed by atoms with Crippen LogP contribution in [-0.4, -0.2) is 6.16 Å². The molecule has 0 aliphatic heterocycles. The summed E-state index contributed by atoms with van der Waals surface area (Å²) < 4.78 is 33.0. The first-order valence-electron chi connectivity index (χ1n) is 16.0. The van der Waals surface area contributed by atoms with Crippen molar-refractivity contribution in [2.45, 2.75) is 39.5 Å². The minimum atomic E-state index is -2.93. The number of allylic oxidation sites excluding steroid dienone is 10. The summed E-state index contributed by atoms with van der Waals surface area (Å²) in [4.78, 5) is 0. The highest BCUT2D eigenvalue weighted by molar-refractivity contribution is 7.79. The van der Waals surface area contributed by atoms with Gasteiger partial charge >= 0.3 is 7.80 Å². The molecule has 0 N–H and O–H groups in total. The predicted octanol–water partition coefficient (Wildman–Crippen LogP) is 11.0. The third-order valence-electron chi connectivity index (χ3n) is 7.32. The van der Waals surface area contributed by atoms with E-state index in [1.165, 1.54) is 0 Å².